The van der Waals surface area contributed by atoms with E-state index in [0.717, 1.165) is 49.7 Å². The predicted molar refractivity (Wildman–Crippen MR) is 138 cm³/mol. The smallest absolute Gasteiger partial charge is 0.270 e. The van der Waals surface area contributed by atoms with Gasteiger partial charge in [-0.05, 0) is 68.6 Å². The Kier molecular flexibility index (Phi) is 6.16. The zero-order valence-electron chi connectivity index (χ0n) is 21.8. The fourth-order valence-electron chi connectivity index (χ4n) is 6.22. The molecular formula is C28H30N6O5. The van der Waals surface area contributed by atoms with Crippen molar-refractivity contribution >= 4 is 29.2 Å². The number of fused-ring (bicyclic) bond motifs is 5. The molecule has 3 aromatic rings. The van der Waals surface area contributed by atoms with Crippen molar-refractivity contribution < 1.29 is 23.9 Å². The van der Waals surface area contributed by atoms with Crippen LogP contribution in [0.2, 0.25) is 0 Å². The van der Waals surface area contributed by atoms with Gasteiger partial charge in [0.15, 0.2) is 5.78 Å². The summed E-state index contributed by atoms with van der Waals surface area (Å²) in [5.74, 6) is 0.307. The first-order valence-electron chi connectivity index (χ1n) is 13.3. The largest absolute Gasteiger partial charge is 0.486 e. The maximum atomic E-state index is 13.3. The molecule has 2 aromatic heterocycles. The summed E-state index contributed by atoms with van der Waals surface area (Å²) in [5.41, 5.74) is 1.66. The Bertz CT molecular complexity index is 1490. The van der Waals surface area contributed by atoms with Crippen molar-refractivity contribution in [3.8, 4) is 5.75 Å². The molecule has 0 atom stereocenters. The maximum absolute atomic E-state index is 13.3. The molecule has 39 heavy (non-hydrogen) atoms. The van der Waals surface area contributed by atoms with E-state index in [2.05, 4.69) is 25.7 Å². The molecule has 1 aliphatic heterocycles. The van der Waals surface area contributed by atoms with Crippen molar-refractivity contribution in [1.82, 2.24) is 30.2 Å². The zero-order chi connectivity index (χ0) is 27.2. The van der Waals surface area contributed by atoms with Crippen LogP contribution in [0.15, 0.2) is 30.6 Å². The second-order valence-electron chi connectivity index (χ2n) is 11.1. The number of benzene rings is 1. The predicted octanol–water partition coefficient (Wildman–Crippen LogP) is 2.22. The van der Waals surface area contributed by atoms with Gasteiger partial charge in [-0.15, -0.1) is 0 Å². The van der Waals surface area contributed by atoms with Crippen LogP contribution in [0.1, 0.15) is 77.6 Å². The van der Waals surface area contributed by atoms with Crippen LogP contribution in [0.3, 0.4) is 0 Å². The van der Waals surface area contributed by atoms with E-state index in [9.17, 15) is 19.2 Å². The normalized spacial score (nSPS) is 23.7. The van der Waals surface area contributed by atoms with E-state index >= 15 is 0 Å². The highest BCUT2D eigenvalue weighted by Gasteiger charge is 2.50. The molecule has 0 spiro atoms. The number of aromatic nitrogens is 4. The van der Waals surface area contributed by atoms with Crippen LogP contribution in [-0.4, -0.2) is 56.1 Å². The Morgan fingerprint density at radius 2 is 1.79 bits per heavy atom. The summed E-state index contributed by atoms with van der Waals surface area (Å²) >= 11 is 0. The summed E-state index contributed by atoms with van der Waals surface area (Å²) < 4.78 is 6.76. The molecule has 11 heteroatoms. The molecule has 2 amide bonds. The van der Waals surface area contributed by atoms with Crippen LogP contribution in [-0.2, 0) is 22.6 Å². The standard InChI is InChI=1S/C28H30N6O5/c1-17(35)28-7-4-27(5-8-28,6-9-28)15-30-25(38)22-12-21(33-26-31-16-32-34(22)26)24(37)29-13-18-2-3-23-19(10-18)11-20(36)14-39-23/h2-3,10,12,16H,4-9,11,13-15H2,1H3,(H,29,37)(H,30,38). The van der Waals surface area contributed by atoms with Crippen LogP contribution < -0.4 is 15.4 Å². The second-order valence-corrected chi connectivity index (χ2v) is 11.1. The highest BCUT2D eigenvalue weighted by Crippen LogP contribution is 2.56. The molecule has 0 radical (unpaired) electrons. The first-order valence-corrected chi connectivity index (χ1v) is 13.3. The lowest BCUT2D eigenvalue weighted by molar-refractivity contribution is -0.135. The van der Waals surface area contributed by atoms with Crippen molar-refractivity contribution in [3.63, 3.8) is 0 Å². The van der Waals surface area contributed by atoms with E-state index in [1.807, 2.05) is 12.1 Å². The number of carbonyl (C=O) groups is 4. The molecule has 0 unspecified atom stereocenters. The third-order valence-corrected chi connectivity index (χ3v) is 8.84. The average molecular weight is 531 g/mol. The molecule has 4 aliphatic rings. The van der Waals surface area contributed by atoms with Gasteiger partial charge in [0, 0.05) is 36.6 Å². The quantitative estimate of drug-likeness (QED) is 0.473. The van der Waals surface area contributed by atoms with Gasteiger partial charge in [0.1, 0.15) is 35.9 Å². The number of ether oxygens (including phenoxy) is 1. The molecule has 11 nitrogen and oxygen atoms in total. The monoisotopic (exact) mass is 530 g/mol. The average Bonchev–Trinajstić information content (AvgIpc) is 3.44. The minimum atomic E-state index is -0.460. The van der Waals surface area contributed by atoms with E-state index in [1.165, 1.54) is 16.9 Å². The van der Waals surface area contributed by atoms with Gasteiger partial charge in [0.05, 0.1) is 0 Å². The van der Waals surface area contributed by atoms with E-state index in [0.29, 0.717) is 18.7 Å². The number of carbonyl (C=O) groups excluding carboxylic acids is 4. The van der Waals surface area contributed by atoms with Gasteiger partial charge >= 0.3 is 0 Å². The molecule has 7 rings (SSSR count). The minimum absolute atomic E-state index is 0.00783. The number of rotatable bonds is 7. The summed E-state index contributed by atoms with van der Waals surface area (Å²) in [7, 11) is 0. The van der Waals surface area contributed by atoms with Crippen molar-refractivity contribution in [2.75, 3.05) is 13.2 Å². The Labute approximate surface area is 224 Å². The lowest BCUT2D eigenvalue weighted by Gasteiger charge is -2.52. The van der Waals surface area contributed by atoms with Crippen LogP contribution >= 0.6 is 0 Å². The van der Waals surface area contributed by atoms with Crippen LogP contribution in [0.5, 0.6) is 5.75 Å². The van der Waals surface area contributed by atoms with Gasteiger partial charge in [-0.1, -0.05) is 6.07 Å². The van der Waals surface area contributed by atoms with Gasteiger partial charge in [0.25, 0.3) is 17.6 Å². The number of nitrogens with one attached hydrogen (secondary N) is 2. The summed E-state index contributed by atoms with van der Waals surface area (Å²) in [4.78, 5) is 58.6. The molecule has 2 N–H and O–H groups in total. The van der Waals surface area contributed by atoms with Crippen LogP contribution in [0.25, 0.3) is 5.78 Å². The van der Waals surface area contributed by atoms with Crippen LogP contribution in [0.4, 0.5) is 0 Å². The number of nitrogens with zero attached hydrogens (tertiary/aromatic N) is 4. The van der Waals surface area contributed by atoms with Gasteiger partial charge in [-0.25, -0.2) is 4.98 Å². The Morgan fingerprint density at radius 1 is 1.03 bits per heavy atom. The third kappa shape index (κ3) is 4.66. The molecule has 3 heterocycles. The summed E-state index contributed by atoms with van der Waals surface area (Å²) in [6.45, 7) is 2.50. The van der Waals surface area contributed by atoms with Crippen molar-refractivity contribution in [2.24, 2.45) is 10.8 Å². The second kappa shape index (κ2) is 9.55. The first-order chi connectivity index (χ1) is 18.8. The SMILES string of the molecule is CC(=O)C12CCC(CNC(=O)c3cc(C(=O)NCc4ccc5c(c4)CC(=O)CO5)nc4ncnn34)(CC1)CC2. The summed E-state index contributed by atoms with van der Waals surface area (Å²) in [6.07, 6.45) is 6.96. The highest BCUT2D eigenvalue weighted by atomic mass is 16.5. The fourth-order valence-corrected chi connectivity index (χ4v) is 6.22. The molecule has 3 saturated carbocycles. The van der Waals surface area contributed by atoms with Gasteiger partial charge in [-0.2, -0.15) is 14.6 Å². The number of ketones is 2. The molecule has 0 saturated heterocycles. The van der Waals surface area contributed by atoms with Crippen LogP contribution in [0, 0.1) is 10.8 Å². The van der Waals surface area contributed by atoms with Crippen molar-refractivity contribution in [1.29, 1.82) is 0 Å². The topological polar surface area (TPSA) is 145 Å². The Hall–Kier alpha value is -4.15. The summed E-state index contributed by atoms with van der Waals surface area (Å²) in [6, 6.07) is 6.90. The summed E-state index contributed by atoms with van der Waals surface area (Å²) in [5, 5.41) is 10.0. The third-order valence-electron chi connectivity index (χ3n) is 8.84. The lowest BCUT2D eigenvalue weighted by Crippen LogP contribution is -2.49. The number of hydrogen-bond acceptors (Lipinski definition) is 8. The molecule has 3 fully saturated rings. The number of amides is 2. The number of hydrogen-bond donors (Lipinski definition) is 2. The van der Waals surface area contributed by atoms with Crippen molar-refractivity contribution in [2.45, 2.75) is 58.4 Å². The Balaban J connectivity index is 1.14. The van der Waals surface area contributed by atoms with E-state index in [1.54, 1.807) is 13.0 Å². The first kappa shape index (κ1) is 25.1. The molecular weight excluding hydrogens is 500 g/mol. The van der Waals surface area contributed by atoms with E-state index < -0.39 is 5.91 Å². The fraction of sp³-hybridized carbons (Fsp3) is 0.464. The van der Waals surface area contributed by atoms with Gasteiger partial charge in [-0.3, -0.25) is 19.2 Å². The molecule has 1 aromatic carbocycles. The highest BCUT2D eigenvalue weighted by molar-refractivity contribution is 5.98. The van der Waals surface area contributed by atoms with Gasteiger partial charge < -0.3 is 15.4 Å². The maximum Gasteiger partial charge on any atom is 0.270 e. The van der Waals surface area contributed by atoms with E-state index in [4.69, 9.17) is 4.74 Å². The number of Topliss-reactive ketones (excluding diaryl/α,β-unsaturated/α-hetero) is 2. The lowest BCUT2D eigenvalue weighted by atomic mass is 9.52. The minimum Gasteiger partial charge on any atom is -0.486 e. The molecule has 202 valence electrons. The van der Waals surface area contributed by atoms with E-state index in [-0.39, 0.29) is 58.6 Å². The van der Waals surface area contributed by atoms with Gasteiger partial charge in [0.2, 0.25) is 0 Å². The van der Waals surface area contributed by atoms with Crippen molar-refractivity contribution in [3.05, 3.63) is 53.1 Å². The molecule has 3 aliphatic carbocycles. The molecule has 2 bridgehead atoms. The Morgan fingerprint density at radius 3 is 2.54 bits per heavy atom. The zero-order valence-corrected chi connectivity index (χ0v) is 21.8.